The number of fused-ring (bicyclic) bond motifs is 3. The number of unbranched alkanes of at least 4 members (excludes halogenated alkanes) is 1. The molecule has 0 atom stereocenters. The summed E-state index contributed by atoms with van der Waals surface area (Å²) >= 11 is 0. The van der Waals surface area contributed by atoms with Crippen LogP contribution in [0.1, 0.15) is 40.7 Å². The van der Waals surface area contributed by atoms with E-state index in [1.54, 1.807) is 0 Å². The van der Waals surface area contributed by atoms with Crippen LogP contribution in [0, 0.1) is 0 Å². The number of carbonyl (C=O) groups is 1. The Bertz CT molecular complexity index is 1620. The number of rotatable bonds is 11. The predicted octanol–water partition coefficient (Wildman–Crippen LogP) is 5.76. The van der Waals surface area contributed by atoms with Crippen LogP contribution in [0.15, 0.2) is 91.3 Å². The maximum atomic E-state index is 12.8. The molecule has 0 saturated carbocycles. The van der Waals surface area contributed by atoms with Gasteiger partial charge >= 0.3 is 0 Å². The summed E-state index contributed by atoms with van der Waals surface area (Å²) in [5, 5.41) is 4.11. The Balaban J connectivity index is 1.17. The first-order valence-corrected chi connectivity index (χ1v) is 13.8. The summed E-state index contributed by atoms with van der Waals surface area (Å²) in [4.78, 5) is 24.0. The lowest BCUT2D eigenvalue weighted by Crippen LogP contribution is -2.24. The Kier molecular flexibility index (Phi) is 8.52. The molecule has 2 aromatic heterocycles. The number of aryl methyl sites for hydroxylation is 1. The van der Waals surface area contributed by atoms with Gasteiger partial charge in [-0.25, -0.2) is 9.97 Å². The molecular formula is C33H36N6O. The molecule has 3 N–H and O–H groups in total. The topological polar surface area (TPSA) is 89.1 Å². The van der Waals surface area contributed by atoms with E-state index in [2.05, 4.69) is 75.3 Å². The summed E-state index contributed by atoms with van der Waals surface area (Å²) in [6.07, 6.45) is 6.82. The van der Waals surface area contributed by atoms with Gasteiger partial charge in [0.25, 0.3) is 5.91 Å². The number of imidazole rings is 1. The average molecular weight is 533 g/mol. The van der Waals surface area contributed by atoms with E-state index in [-0.39, 0.29) is 5.91 Å². The van der Waals surface area contributed by atoms with Gasteiger partial charge in [0.1, 0.15) is 5.52 Å². The first kappa shape index (κ1) is 27.1. The molecule has 0 fully saturated rings. The van der Waals surface area contributed by atoms with Crippen molar-refractivity contribution in [2.24, 2.45) is 0 Å². The van der Waals surface area contributed by atoms with Gasteiger partial charge in [-0.1, -0.05) is 66.7 Å². The van der Waals surface area contributed by atoms with Crippen molar-refractivity contribution in [2.45, 2.75) is 25.8 Å². The van der Waals surface area contributed by atoms with Gasteiger partial charge in [-0.15, -0.1) is 0 Å². The number of aromatic nitrogens is 3. The summed E-state index contributed by atoms with van der Waals surface area (Å²) in [6, 6.07) is 26.3. The van der Waals surface area contributed by atoms with Crippen LogP contribution in [0.3, 0.4) is 0 Å². The minimum atomic E-state index is -0.0534. The van der Waals surface area contributed by atoms with E-state index < -0.39 is 0 Å². The van der Waals surface area contributed by atoms with Crippen LogP contribution >= 0.6 is 0 Å². The lowest BCUT2D eigenvalue weighted by Gasteiger charge is -2.12. The Hall–Kier alpha value is -4.49. The largest absolute Gasteiger partial charge is 0.382 e. The second-order valence-electron chi connectivity index (χ2n) is 10.3. The fourth-order valence-electron chi connectivity index (χ4n) is 4.98. The molecule has 40 heavy (non-hydrogen) atoms. The fourth-order valence-corrected chi connectivity index (χ4v) is 4.98. The molecule has 0 aliphatic rings. The summed E-state index contributed by atoms with van der Waals surface area (Å²) in [7, 11) is 4.16. The minimum absolute atomic E-state index is 0.0534. The molecule has 5 rings (SSSR count). The molecular weight excluding hydrogens is 496 g/mol. The highest BCUT2D eigenvalue weighted by Crippen LogP contribution is 2.27. The summed E-state index contributed by atoms with van der Waals surface area (Å²) in [6.45, 7) is 2.38. The number of amides is 1. The van der Waals surface area contributed by atoms with Gasteiger partial charge in [-0.2, -0.15) is 0 Å². The average Bonchev–Trinajstić information content (AvgIpc) is 3.40. The molecule has 0 bridgehead atoms. The Morgan fingerprint density at radius 3 is 2.40 bits per heavy atom. The van der Waals surface area contributed by atoms with Gasteiger partial charge in [-0.3, -0.25) is 4.79 Å². The quantitative estimate of drug-likeness (QED) is 0.211. The van der Waals surface area contributed by atoms with Crippen molar-refractivity contribution >= 4 is 39.2 Å². The second kappa shape index (κ2) is 12.6. The molecule has 0 spiro atoms. The number of hydrogen-bond donors (Lipinski definition) is 2. The number of para-hydroxylation sites is 1. The Morgan fingerprint density at radius 1 is 0.925 bits per heavy atom. The predicted molar refractivity (Wildman–Crippen MR) is 164 cm³/mol. The van der Waals surface area contributed by atoms with E-state index in [9.17, 15) is 4.79 Å². The smallest absolute Gasteiger partial charge is 0.251 e. The number of carbonyl (C=O) groups excluding carboxylic acids is 1. The van der Waals surface area contributed by atoms with Crippen molar-refractivity contribution in [2.75, 3.05) is 32.9 Å². The highest BCUT2D eigenvalue weighted by molar-refractivity contribution is 6.06. The number of nitrogens with zero attached hydrogens (tertiary/aromatic N) is 4. The van der Waals surface area contributed by atoms with Gasteiger partial charge in [0, 0.05) is 30.6 Å². The van der Waals surface area contributed by atoms with Crippen molar-refractivity contribution in [3.63, 3.8) is 0 Å². The molecule has 7 heteroatoms. The van der Waals surface area contributed by atoms with Crippen molar-refractivity contribution in [1.29, 1.82) is 0 Å². The maximum Gasteiger partial charge on any atom is 0.251 e. The van der Waals surface area contributed by atoms with E-state index in [1.165, 1.54) is 11.1 Å². The molecule has 2 heterocycles. The van der Waals surface area contributed by atoms with Crippen LogP contribution in [0.2, 0.25) is 0 Å². The van der Waals surface area contributed by atoms with Crippen molar-refractivity contribution in [3.05, 3.63) is 108 Å². The van der Waals surface area contributed by atoms with Gasteiger partial charge in [-0.05, 0) is 68.3 Å². The van der Waals surface area contributed by atoms with Crippen molar-refractivity contribution in [1.82, 2.24) is 24.8 Å². The third-order valence-electron chi connectivity index (χ3n) is 7.06. The van der Waals surface area contributed by atoms with E-state index >= 15 is 0 Å². The standard InChI is InChI=1S/C33H36N6O/c1-38(2)21-10-14-27(24-11-4-3-5-12-24)25-16-18-26(19-17-25)33(40)35-20-8-9-22-39-23-36-30-31(39)28-13-6-7-15-29(28)37-32(30)34/h3-7,11-19,23H,8-10,20-22H2,1-2H3,(H2,34,37)(H,35,40). The van der Waals surface area contributed by atoms with E-state index in [4.69, 9.17) is 5.73 Å². The number of nitrogens with one attached hydrogen (secondary N) is 1. The normalized spacial score (nSPS) is 11.9. The number of anilines is 1. The summed E-state index contributed by atoms with van der Waals surface area (Å²) < 4.78 is 2.13. The van der Waals surface area contributed by atoms with E-state index in [0.29, 0.717) is 17.9 Å². The highest BCUT2D eigenvalue weighted by Gasteiger charge is 2.12. The zero-order chi connectivity index (χ0) is 27.9. The van der Waals surface area contributed by atoms with Gasteiger partial charge < -0.3 is 20.5 Å². The van der Waals surface area contributed by atoms with Crippen LogP contribution in [0.25, 0.3) is 27.5 Å². The first-order valence-electron chi connectivity index (χ1n) is 13.8. The third-order valence-corrected chi connectivity index (χ3v) is 7.06. The monoisotopic (exact) mass is 532 g/mol. The fraction of sp³-hybridized carbons (Fsp3) is 0.242. The molecule has 3 aromatic carbocycles. The zero-order valence-electron chi connectivity index (χ0n) is 23.2. The van der Waals surface area contributed by atoms with Gasteiger partial charge in [0.2, 0.25) is 0 Å². The lowest BCUT2D eigenvalue weighted by atomic mass is 9.96. The SMILES string of the molecule is CN(C)CCC=C(c1ccccc1)c1ccc(C(=O)NCCCCn2cnc3c(N)nc4ccccc4c32)cc1. The second-order valence-corrected chi connectivity index (χ2v) is 10.3. The van der Waals surface area contributed by atoms with Crippen LogP contribution in [-0.2, 0) is 6.54 Å². The van der Waals surface area contributed by atoms with E-state index in [1.807, 2.05) is 54.9 Å². The van der Waals surface area contributed by atoms with Crippen LogP contribution < -0.4 is 11.1 Å². The molecule has 7 nitrogen and oxygen atoms in total. The van der Waals surface area contributed by atoms with Crippen molar-refractivity contribution < 1.29 is 4.79 Å². The zero-order valence-corrected chi connectivity index (χ0v) is 23.2. The third kappa shape index (κ3) is 6.21. The molecule has 0 aliphatic carbocycles. The van der Waals surface area contributed by atoms with Crippen LogP contribution in [-0.4, -0.2) is 52.5 Å². The number of nitrogen functional groups attached to an aromatic ring is 1. The van der Waals surface area contributed by atoms with E-state index in [0.717, 1.165) is 59.9 Å². The van der Waals surface area contributed by atoms with Crippen molar-refractivity contribution in [3.8, 4) is 0 Å². The van der Waals surface area contributed by atoms with Crippen LogP contribution in [0.4, 0.5) is 5.82 Å². The van der Waals surface area contributed by atoms with Crippen LogP contribution in [0.5, 0.6) is 0 Å². The molecule has 204 valence electrons. The Morgan fingerprint density at radius 2 is 1.62 bits per heavy atom. The van der Waals surface area contributed by atoms with Gasteiger partial charge in [0.15, 0.2) is 5.82 Å². The molecule has 0 radical (unpaired) electrons. The number of hydrogen-bond acceptors (Lipinski definition) is 5. The lowest BCUT2D eigenvalue weighted by molar-refractivity contribution is 0.0953. The molecule has 1 amide bonds. The Labute approximate surface area is 235 Å². The molecule has 0 unspecified atom stereocenters. The summed E-state index contributed by atoms with van der Waals surface area (Å²) in [5.74, 6) is 0.396. The molecule has 0 saturated heterocycles. The number of pyridine rings is 1. The van der Waals surface area contributed by atoms with Gasteiger partial charge in [0.05, 0.1) is 17.4 Å². The number of benzene rings is 3. The minimum Gasteiger partial charge on any atom is -0.382 e. The first-order chi connectivity index (χ1) is 19.5. The molecule has 0 aliphatic heterocycles. The number of nitrogens with two attached hydrogens (primary N) is 1. The highest BCUT2D eigenvalue weighted by atomic mass is 16.1. The maximum absolute atomic E-state index is 12.8. The summed E-state index contributed by atoms with van der Waals surface area (Å²) in [5.41, 5.74) is 12.9. The molecule has 5 aromatic rings.